The number of carbonyl (C=O) groups is 1. The Morgan fingerprint density at radius 3 is 2.69 bits per heavy atom. The lowest BCUT2D eigenvalue weighted by Crippen LogP contribution is -2.41. The molecular weight excluding hydrogens is 352 g/mol. The van der Waals surface area contributed by atoms with Crippen molar-refractivity contribution < 1.29 is 13.2 Å². The minimum atomic E-state index is -3.04. The van der Waals surface area contributed by atoms with E-state index in [1.165, 1.54) is 6.20 Å². The molecule has 0 aromatic carbocycles. The first kappa shape index (κ1) is 18.3. The van der Waals surface area contributed by atoms with Gasteiger partial charge in [-0.25, -0.2) is 8.42 Å². The van der Waals surface area contributed by atoms with Crippen LogP contribution in [0.3, 0.4) is 0 Å². The van der Waals surface area contributed by atoms with Crippen molar-refractivity contribution in [3.05, 3.63) is 54.1 Å². The van der Waals surface area contributed by atoms with E-state index in [2.05, 4.69) is 15.3 Å². The van der Waals surface area contributed by atoms with E-state index in [4.69, 9.17) is 0 Å². The molecule has 1 atom stereocenters. The predicted molar refractivity (Wildman–Crippen MR) is 99.6 cm³/mol. The van der Waals surface area contributed by atoms with Gasteiger partial charge < -0.3 is 10.2 Å². The number of hydrogen-bond donors (Lipinski definition) is 1. The molecule has 0 radical (unpaired) electrons. The number of aromatic nitrogens is 2. The lowest BCUT2D eigenvalue weighted by Gasteiger charge is -2.27. The van der Waals surface area contributed by atoms with Crippen LogP contribution >= 0.6 is 0 Å². The summed E-state index contributed by atoms with van der Waals surface area (Å²) in [7, 11) is -3.04. The number of pyridine rings is 2. The van der Waals surface area contributed by atoms with E-state index in [9.17, 15) is 13.2 Å². The van der Waals surface area contributed by atoms with Crippen LogP contribution in [0.15, 0.2) is 43.0 Å². The van der Waals surface area contributed by atoms with E-state index >= 15 is 0 Å². The maximum atomic E-state index is 12.9. The molecule has 138 valence electrons. The standard InChI is InChI=1S/C18H22N4O3S/c1-2-22(17-5-8-26(24,25)13-17)18(23)15-9-16(12-20-11-15)21-10-14-3-6-19-7-4-14/h3-4,6-7,9,11-12,17,21H,2,5,8,10,13H2,1H3. The average molecular weight is 374 g/mol. The Kier molecular flexibility index (Phi) is 5.51. The number of amides is 1. The Hall–Kier alpha value is -2.48. The van der Waals surface area contributed by atoms with E-state index in [1.54, 1.807) is 29.6 Å². The normalized spacial score (nSPS) is 18.4. The summed E-state index contributed by atoms with van der Waals surface area (Å²) in [5, 5.41) is 3.24. The SMILES string of the molecule is CCN(C(=O)c1cncc(NCc2ccncc2)c1)C1CCS(=O)(=O)C1. The van der Waals surface area contributed by atoms with Crippen molar-refractivity contribution in [2.45, 2.75) is 25.9 Å². The second-order valence-corrected chi connectivity index (χ2v) is 8.55. The minimum absolute atomic E-state index is 0.0417. The Morgan fingerprint density at radius 1 is 1.27 bits per heavy atom. The van der Waals surface area contributed by atoms with Gasteiger partial charge in [-0.05, 0) is 37.1 Å². The van der Waals surface area contributed by atoms with Crippen LogP contribution in [0.5, 0.6) is 0 Å². The number of anilines is 1. The van der Waals surface area contributed by atoms with Gasteiger partial charge in [0.1, 0.15) is 0 Å². The second kappa shape index (κ2) is 7.82. The van der Waals surface area contributed by atoms with Crippen molar-refractivity contribution in [1.82, 2.24) is 14.9 Å². The monoisotopic (exact) mass is 374 g/mol. The van der Waals surface area contributed by atoms with Crippen molar-refractivity contribution in [2.75, 3.05) is 23.4 Å². The molecule has 0 spiro atoms. The van der Waals surface area contributed by atoms with Gasteiger partial charge >= 0.3 is 0 Å². The average Bonchev–Trinajstić information content (AvgIpc) is 3.01. The summed E-state index contributed by atoms with van der Waals surface area (Å²) < 4.78 is 23.5. The molecule has 26 heavy (non-hydrogen) atoms. The van der Waals surface area contributed by atoms with E-state index in [-0.39, 0.29) is 23.5 Å². The van der Waals surface area contributed by atoms with Crippen LogP contribution < -0.4 is 5.32 Å². The molecule has 2 aromatic rings. The van der Waals surface area contributed by atoms with E-state index in [0.29, 0.717) is 25.1 Å². The van der Waals surface area contributed by atoms with Crippen molar-refractivity contribution in [2.24, 2.45) is 0 Å². The Balaban J connectivity index is 1.71. The van der Waals surface area contributed by atoms with Crippen molar-refractivity contribution in [3.8, 4) is 0 Å². The predicted octanol–water partition coefficient (Wildman–Crippen LogP) is 1.74. The third kappa shape index (κ3) is 4.37. The molecule has 1 aliphatic rings. The van der Waals surface area contributed by atoms with E-state index in [0.717, 1.165) is 11.3 Å². The highest BCUT2D eigenvalue weighted by molar-refractivity contribution is 7.91. The Labute approximate surface area is 153 Å². The topological polar surface area (TPSA) is 92.3 Å². The third-order valence-corrected chi connectivity index (χ3v) is 6.23. The van der Waals surface area contributed by atoms with Crippen LogP contribution in [-0.2, 0) is 16.4 Å². The van der Waals surface area contributed by atoms with Crippen molar-refractivity contribution in [3.63, 3.8) is 0 Å². The molecule has 7 nitrogen and oxygen atoms in total. The first-order chi connectivity index (χ1) is 12.5. The molecule has 0 saturated carbocycles. The molecule has 1 unspecified atom stereocenters. The second-order valence-electron chi connectivity index (χ2n) is 6.32. The lowest BCUT2D eigenvalue weighted by atomic mass is 10.1. The Morgan fingerprint density at radius 2 is 2.04 bits per heavy atom. The number of hydrogen-bond acceptors (Lipinski definition) is 6. The fourth-order valence-corrected chi connectivity index (χ4v) is 4.84. The minimum Gasteiger partial charge on any atom is -0.380 e. The molecule has 0 bridgehead atoms. The molecule has 3 rings (SSSR count). The number of nitrogens with one attached hydrogen (secondary N) is 1. The summed E-state index contributed by atoms with van der Waals surface area (Å²) in [6.07, 6.45) is 7.13. The van der Waals surface area contributed by atoms with Gasteiger partial charge in [0.15, 0.2) is 9.84 Å². The van der Waals surface area contributed by atoms with Gasteiger partial charge in [-0.2, -0.15) is 0 Å². The van der Waals surface area contributed by atoms with Crippen molar-refractivity contribution in [1.29, 1.82) is 0 Å². The van der Waals surface area contributed by atoms with Crippen LogP contribution in [-0.4, -0.2) is 53.3 Å². The largest absolute Gasteiger partial charge is 0.380 e. The molecule has 1 saturated heterocycles. The highest BCUT2D eigenvalue weighted by Crippen LogP contribution is 2.20. The van der Waals surface area contributed by atoms with Crippen LogP contribution in [0, 0.1) is 0 Å². The highest BCUT2D eigenvalue weighted by Gasteiger charge is 2.34. The summed E-state index contributed by atoms with van der Waals surface area (Å²) in [5.41, 5.74) is 2.27. The summed E-state index contributed by atoms with van der Waals surface area (Å²) in [6.45, 7) is 2.93. The summed E-state index contributed by atoms with van der Waals surface area (Å²) in [6, 6.07) is 5.32. The smallest absolute Gasteiger partial charge is 0.255 e. The summed E-state index contributed by atoms with van der Waals surface area (Å²) >= 11 is 0. The van der Waals surface area contributed by atoms with Gasteiger partial charge in [0.2, 0.25) is 0 Å². The maximum Gasteiger partial charge on any atom is 0.255 e. The summed E-state index contributed by atoms with van der Waals surface area (Å²) in [4.78, 5) is 22.6. The van der Waals surface area contributed by atoms with E-state index < -0.39 is 9.84 Å². The van der Waals surface area contributed by atoms with Crippen LogP contribution in [0.2, 0.25) is 0 Å². The summed E-state index contributed by atoms with van der Waals surface area (Å²) in [5.74, 6) is 0.00222. The van der Waals surface area contributed by atoms with Crippen LogP contribution in [0.25, 0.3) is 0 Å². The number of carbonyl (C=O) groups excluding carboxylic acids is 1. The zero-order valence-corrected chi connectivity index (χ0v) is 15.4. The molecule has 1 aliphatic heterocycles. The first-order valence-electron chi connectivity index (χ1n) is 8.58. The molecule has 8 heteroatoms. The van der Waals surface area contributed by atoms with Gasteiger partial charge in [0.05, 0.1) is 22.8 Å². The van der Waals surface area contributed by atoms with Gasteiger partial charge in [-0.3, -0.25) is 14.8 Å². The first-order valence-corrected chi connectivity index (χ1v) is 10.4. The van der Waals surface area contributed by atoms with Gasteiger partial charge in [-0.1, -0.05) is 0 Å². The molecule has 3 heterocycles. The quantitative estimate of drug-likeness (QED) is 0.828. The lowest BCUT2D eigenvalue weighted by molar-refractivity contribution is 0.0708. The fraction of sp³-hybridized carbons (Fsp3) is 0.389. The van der Waals surface area contributed by atoms with Crippen molar-refractivity contribution >= 4 is 21.4 Å². The molecular formula is C18H22N4O3S. The third-order valence-electron chi connectivity index (χ3n) is 4.48. The van der Waals surface area contributed by atoms with Gasteiger partial charge in [-0.15, -0.1) is 0 Å². The fourth-order valence-electron chi connectivity index (χ4n) is 3.11. The molecule has 1 amide bonds. The van der Waals surface area contributed by atoms with Gasteiger partial charge in [0, 0.05) is 43.9 Å². The molecule has 2 aromatic heterocycles. The zero-order valence-electron chi connectivity index (χ0n) is 14.6. The number of rotatable bonds is 6. The van der Waals surface area contributed by atoms with E-state index in [1.807, 2.05) is 19.1 Å². The maximum absolute atomic E-state index is 12.9. The van der Waals surface area contributed by atoms with Crippen LogP contribution in [0.4, 0.5) is 5.69 Å². The molecule has 1 N–H and O–H groups in total. The number of sulfone groups is 1. The highest BCUT2D eigenvalue weighted by atomic mass is 32.2. The zero-order chi connectivity index (χ0) is 18.6. The molecule has 0 aliphatic carbocycles. The van der Waals surface area contributed by atoms with Crippen LogP contribution in [0.1, 0.15) is 29.3 Å². The number of nitrogens with zero attached hydrogens (tertiary/aromatic N) is 3. The molecule has 1 fully saturated rings. The Bertz CT molecular complexity index is 871. The van der Waals surface area contributed by atoms with Gasteiger partial charge in [0.25, 0.3) is 5.91 Å².